The molecule has 4 aromatic carbocycles. The van der Waals surface area contributed by atoms with E-state index in [1.807, 2.05) is 104 Å². The van der Waals surface area contributed by atoms with Gasteiger partial charge in [-0.3, -0.25) is 54.1 Å². The highest BCUT2D eigenvalue weighted by Crippen LogP contribution is 2.40. The number of rotatable bonds is 22. The van der Waals surface area contributed by atoms with E-state index in [2.05, 4.69) is 112 Å². The van der Waals surface area contributed by atoms with Gasteiger partial charge in [-0.2, -0.15) is 20.4 Å². The number of oxazole rings is 2. The number of benzene rings is 4. The summed E-state index contributed by atoms with van der Waals surface area (Å²) in [7, 11) is 2.93. The van der Waals surface area contributed by atoms with Gasteiger partial charge >= 0.3 is 0 Å². The van der Waals surface area contributed by atoms with Crippen LogP contribution in [0.5, 0.6) is 11.6 Å². The molecule has 4 atom stereocenters. The van der Waals surface area contributed by atoms with E-state index in [4.69, 9.17) is 27.4 Å². The summed E-state index contributed by atoms with van der Waals surface area (Å²) < 4.78 is 31.0. The van der Waals surface area contributed by atoms with Crippen LogP contribution < -0.4 is 30.7 Å². The van der Waals surface area contributed by atoms with Crippen LogP contribution in [0.25, 0.3) is 88.4 Å². The number of fused-ring (bicyclic) bond motifs is 4. The lowest BCUT2D eigenvalue weighted by Gasteiger charge is -2.26. The third-order valence-corrected chi connectivity index (χ3v) is 21.4. The molecule has 0 radical (unpaired) electrons. The van der Waals surface area contributed by atoms with Gasteiger partial charge in [0.25, 0.3) is 34.8 Å². The summed E-state index contributed by atoms with van der Waals surface area (Å²) in [6.45, 7) is 3.56. The molecule has 134 heavy (non-hydrogen) atoms. The van der Waals surface area contributed by atoms with Crippen LogP contribution >= 0.6 is 0 Å². The fourth-order valence-electron chi connectivity index (χ4n) is 14.8. The van der Waals surface area contributed by atoms with Crippen LogP contribution in [0.2, 0.25) is 0 Å². The van der Waals surface area contributed by atoms with Crippen LogP contribution in [0.3, 0.4) is 0 Å². The van der Waals surface area contributed by atoms with Crippen LogP contribution in [0.15, 0.2) is 348 Å². The van der Waals surface area contributed by atoms with Gasteiger partial charge in [0.05, 0.1) is 95.7 Å². The Hall–Kier alpha value is -18.3. The van der Waals surface area contributed by atoms with Gasteiger partial charge in [0.2, 0.25) is 28.9 Å². The van der Waals surface area contributed by atoms with Crippen molar-refractivity contribution in [2.75, 3.05) is 35.5 Å². The molecule has 16 heterocycles. The van der Waals surface area contributed by atoms with Gasteiger partial charge < -0.3 is 69.0 Å². The average molecular weight is 1780 g/mol. The fourth-order valence-corrected chi connectivity index (χ4v) is 14.8. The number of nitrogens with zero attached hydrogens (tertiary/aromatic N) is 18. The van der Waals surface area contributed by atoms with Crippen LogP contribution in [0, 0.1) is 13.8 Å². The van der Waals surface area contributed by atoms with E-state index in [0.29, 0.717) is 45.1 Å². The quantitative estimate of drug-likeness (QED) is 0.0312. The zero-order valence-electron chi connectivity index (χ0n) is 71.1. The van der Waals surface area contributed by atoms with E-state index in [-0.39, 0.29) is 63.3 Å². The summed E-state index contributed by atoms with van der Waals surface area (Å²) in [6, 6.07) is 61.3. The second-order valence-electron chi connectivity index (χ2n) is 29.7. The Balaban J connectivity index is 0.000000124. The fraction of sp³-hybridized carbons (Fsp3) is 0.0816. The first kappa shape index (κ1) is 87.8. The van der Waals surface area contributed by atoms with Crippen molar-refractivity contribution in [1.82, 2.24) is 90.5 Å². The Morgan fingerprint density at radius 2 is 0.910 bits per heavy atom. The van der Waals surface area contributed by atoms with Crippen LogP contribution in [-0.4, -0.2) is 149 Å². The molecule has 20 rings (SSSR count). The standard InChI is InChI=1S/C25H19N5O4.C25H19N5O3.C24H18N6O4.C24H18N6O3/c1-33-17-7-4-6-16(14-17)25(32,22-12-13-34-30-22)24(31)28-23-11-5-10-20(27-23)19-15-26-29-21-9-3-2-8-18(19)21;1-16-7-2-4-9-19(16)25(32,22-13-14-33-30-22)24(31)28-23-12-6-11-20(27-23)18-15-26-29-21-10-5-3-8-17(18)21;1-33-21-18(11-16(13-29-21)17-14-25-12-15-5-4-8-27-20(15)17)30-22(31)24(32,23-28-9-10-34-23)19-6-2-3-7-26-19;1-15-4-2-7-28-21(15)24(32,23-29-8-9-33-23)22(31)30-18-10-17(12-25-13-18)19-14-26-11-16-5-3-6-27-20(16)19/h2-15,32H,1H3,(H,27,28,31);2-15,32H,1H3,(H,27,28,31);2-14,32H,1H3,(H,30,31);2-14,32H,1H3,(H,30,31)/t2*25-;2*24-/m1100/s1. The first-order chi connectivity index (χ1) is 65.3. The number of carbonyl (C=O) groups excluding carboxylic acids is 4. The monoisotopic (exact) mass is 1780 g/mol. The number of amides is 4. The zero-order chi connectivity index (χ0) is 92.8. The van der Waals surface area contributed by atoms with Gasteiger partial charge in [0.1, 0.15) is 59.5 Å². The molecule has 0 fully saturated rings. The van der Waals surface area contributed by atoms with Crippen molar-refractivity contribution in [1.29, 1.82) is 0 Å². The maximum Gasteiger partial charge on any atom is 0.272 e. The summed E-state index contributed by atoms with van der Waals surface area (Å²) >= 11 is 0. The molecule has 4 amide bonds. The molecule has 0 aliphatic rings. The van der Waals surface area contributed by atoms with E-state index in [9.17, 15) is 39.6 Å². The number of pyridine rings is 10. The highest BCUT2D eigenvalue weighted by molar-refractivity contribution is 6.05. The Labute approximate surface area is 759 Å². The summed E-state index contributed by atoms with van der Waals surface area (Å²) in [6.07, 6.45) is 29.0. The van der Waals surface area contributed by atoms with Crippen molar-refractivity contribution in [2.45, 2.75) is 36.3 Å². The number of carbonyl (C=O) groups is 4. The molecule has 36 heteroatoms. The molecular formula is C98H74N22O14. The predicted molar refractivity (Wildman–Crippen MR) is 488 cm³/mol. The number of hydrogen-bond acceptors (Lipinski definition) is 32. The van der Waals surface area contributed by atoms with Crippen LogP contribution in [0.1, 0.15) is 56.8 Å². The normalized spacial score (nSPS) is 12.8. The van der Waals surface area contributed by atoms with Gasteiger partial charge in [-0.1, -0.05) is 107 Å². The number of methoxy groups -OCH3 is 2. The molecule has 0 saturated carbocycles. The lowest BCUT2D eigenvalue weighted by molar-refractivity contribution is -0.133. The number of anilines is 4. The maximum absolute atomic E-state index is 13.5. The molecule has 0 bridgehead atoms. The highest BCUT2D eigenvalue weighted by atomic mass is 16.5. The largest absolute Gasteiger partial charge is 0.497 e. The molecule has 0 saturated heterocycles. The van der Waals surface area contributed by atoms with Gasteiger partial charge in [0.15, 0.2) is 0 Å². The minimum Gasteiger partial charge on any atom is -0.497 e. The van der Waals surface area contributed by atoms with Crippen molar-refractivity contribution in [3.63, 3.8) is 0 Å². The van der Waals surface area contributed by atoms with E-state index < -0.39 is 46.0 Å². The predicted octanol–water partition coefficient (Wildman–Crippen LogP) is 13.6. The molecule has 36 nitrogen and oxygen atoms in total. The smallest absolute Gasteiger partial charge is 0.272 e. The van der Waals surface area contributed by atoms with Gasteiger partial charge in [0, 0.05) is 140 Å². The van der Waals surface area contributed by atoms with Crippen molar-refractivity contribution in [2.24, 2.45) is 0 Å². The average Bonchev–Trinajstić information content (AvgIpc) is 1.62. The maximum atomic E-state index is 13.5. The van der Waals surface area contributed by atoms with Gasteiger partial charge in [-0.25, -0.2) is 24.9 Å². The van der Waals surface area contributed by atoms with E-state index in [1.54, 1.807) is 166 Å². The molecular weight excluding hydrogens is 1710 g/mol. The summed E-state index contributed by atoms with van der Waals surface area (Å²) in [5.41, 5.74) is 2.64. The minimum absolute atomic E-state index is 0.0266. The molecule has 20 aromatic rings. The number of hydrogen-bond donors (Lipinski definition) is 8. The number of ether oxygens (including phenoxy) is 2. The molecule has 16 aromatic heterocycles. The van der Waals surface area contributed by atoms with Crippen molar-refractivity contribution < 1.29 is 67.0 Å². The number of aliphatic hydroxyl groups is 4. The summed E-state index contributed by atoms with van der Waals surface area (Å²) in [4.78, 5) is 105. The highest BCUT2D eigenvalue weighted by Gasteiger charge is 2.49. The number of aryl methyl sites for hydroxylation is 2. The van der Waals surface area contributed by atoms with Crippen molar-refractivity contribution >= 4 is 90.3 Å². The van der Waals surface area contributed by atoms with Gasteiger partial charge in [-0.05, 0) is 128 Å². The molecule has 660 valence electrons. The second kappa shape index (κ2) is 38.7. The topological polar surface area (TPSA) is 500 Å². The van der Waals surface area contributed by atoms with E-state index in [0.717, 1.165) is 71.4 Å². The Kier molecular flexibility index (Phi) is 25.4. The minimum atomic E-state index is -2.30. The Morgan fingerprint density at radius 3 is 1.49 bits per heavy atom. The first-order valence-electron chi connectivity index (χ1n) is 40.9. The molecule has 8 N–H and O–H groups in total. The Bertz CT molecular complexity index is 7380. The van der Waals surface area contributed by atoms with Crippen LogP contribution in [0.4, 0.5) is 23.0 Å². The third kappa shape index (κ3) is 17.8. The zero-order valence-corrected chi connectivity index (χ0v) is 71.1. The van der Waals surface area contributed by atoms with Crippen LogP contribution in [-0.2, 0) is 41.6 Å². The summed E-state index contributed by atoms with van der Waals surface area (Å²) in [5, 5.41) is 84.6. The number of nitrogens with one attached hydrogen (secondary N) is 4. The SMILES string of the molecule is COc1cccc([C@](O)(C(=O)Nc2cccc(-c3cnnc4ccccc34)n2)c2ccon2)c1.COc1ncc(-c2cncc3cccnc23)cc1NC(=O)[C@@](O)(c1ccccn1)c1ncco1.Cc1ccccc1[C@](O)(C(=O)Nc1cccc(-c2cnnc3ccccc23)n1)c1ccon1.Cc1cccnc1[C@](O)(C(=O)Nc1cncc(-c2cncc3cccnc23)c1)c1ncco1. The summed E-state index contributed by atoms with van der Waals surface area (Å²) in [5.74, 6) is -2.35. The first-order valence-corrected chi connectivity index (χ1v) is 40.9. The lowest BCUT2D eigenvalue weighted by atomic mass is 9.86. The van der Waals surface area contributed by atoms with E-state index in [1.165, 1.54) is 88.5 Å². The second-order valence-corrected chi connectivity index (χ2v) is 29.7. The molecule has 0 aliphatic carbocycles. The lowest BCUT2D eigenvalue weighted by Crippen LogP contribution is -2.43. The third-order valence-electron chi connectivity index (χ3n) is 21.4. The molecule has 0 unspecified atom stereocenters. The number of aromatic nitrogens is 18. The molecule has 0 aliphatic heterocycles. The van der Waals surface area contributed by atoms with E-state index >= 15 is 0 Å². The molecule has 0 spiro atoms. The van der Waals surface area contributed by atoms with Crippen molar-refractivity contribution in [3.8, 4) is 56.4 Å². The van der Waals surface area contributed by atoms with Crippen molar-refractivity contribution in [3.05, 3.63) is 387 Å². The Morgan fingerprint density at radius 1 is 0.381 bits per heavy atom. The van der Waals surface area contributed by atoms with Gasteiger partial charge in [-0.15, -0.1) is 0 Å².